The average Bonchev–Trinajstić information content (AvgIpc) is 2.45. The zero-order valence-corrected chi connectivity index (χ0v) is 10.7. The van der Waals surface area contributed by atoms with E-state index >= 15 is 0 Å². The van der Waals surface area contributed by atoms with E-state index in [1.807, 2.05) is 30.3 Å². The van der Waals surface area contributed by atoms with Gasteiger partial charge in [-0.3, -0.25) is 11.3 Å². The molecule has 20 heavy (non-hydrogen) atoms. The second-order valence-corrected chi connectivity index (χ2v) is 4.53. The van der Waals surface area contributed by atoms with Crippen LogP contribution in [0.5, 0.6) is 0 Å². The van der Waals surface area contributed by atoms with Crippen LogP contribution in [0.1, 0.15) is 22.7 Å². The third kappa shape index (κ3) is 3.59. The summed E-state index contributed by atoms with van der Waals surface area (Å²) in [5, 5.41) is 0. The molecule has 0 fully saturated rings. The Bertz CT molecular complexity index is 553. The van der Waals surface area contributed by atoms with Crippen molar-refractivity contribution in [1.82, 2.24) is 5.43 Å². The molecule has 0 spiro atoms. The normalized spacial score (nSPS) is 13.2. The van der Waals surface area contributed by atoms with Crippen molar-refractivity contribution in [2.24, 2.45) is 5.84 Å². The van der Waals surface area contributed by atoms with E-state index < -0.39 is 11.7 Å². The standard InChI is InChI=1S/C15H15F3N2/c16-15(17,18)13-8-4-5-11(9-13)10-14(20-19)12-6-2-1-3-7-12/h1-9,14,20H,10,19H2. The molecule has 0 aliphatic rings. The molecule has 1 unspecified atom stereocenters. The van der Waals surface area contributed by atoms with E-state index in [0.29, 0.717) is 12.0 Å². The van der Waals surface area contributed by atoms with Gasteiger partial charge in [-0.05, 0) is 23.6 Å². The summed E-state index contributed by atoms with van der Waals surface area (Å²) < 4.78 is 38.0. The smallest absolute Gasteiger partial charge is 0.271 e. The predicted molar refractivity (Wildman–Crippen MR) is 71.7 cm³/mol. The number of nitrogens with one attached hydrogen (secondary N) is 1. The number of hydrazine groups is 1. The molecule has 106 valence electrons. The highest BCUT2D eigenvalue weighted by molar-refractivity contribution is 5.28. The molecule has 0 aliphatic heterocycles. The molecule has 2 nitrogen and oxygen atoms in total. The number of hydrogen-bond acceptors (Lipinski definition) is 2. The molecule has 0 bridgehead atoms. The highest BCUT2D eigenvalue weighted by atomic mass is 19.4. The van der Waals surface area contributed by atoms with Crippen molar-refractivity contribution in [1.29, 1.82) is 0 Å². The third-order valence-corrected chi connectivity index (χ3v) is 3.10. The van der Waals surface area contributed by atoms with Gasteiger partial charge in [0, 0.05) is 6.04 Å². The first kappa shape index (κ1) is 14.6. The van der Waals surface area contributed by atoms with E-state index in [9.17, 15) is 13.2 Å². The lowest BCUT2D eigenvalue weighted by Gasteiger charge is -2.17. The van der Waals surface area contributed by atoms with Crippen molar-refractivity contribution in [3.8, 4) is 0 Å². The molecule has 0 heterocycles. The van der Waals surface area contributed by atoms with Crippen molar-refractivity contribution >= 4 is 0 Å². The van der Waals surface area contributed by atoms with Gasteiger partial charge < -0.3 is 0 Å². The molecule has 5 heteroatoms. The summed E-state index contributed by atoms with van der Waals surface area (Å²) >= 11 is 0. The molecule has 3 N–H and O–H groups in total. The maximum absolute atomic E-state index is 12.7. The molecule has 0 aliphatic carbocycles. The van der Waals surface area contributed by atoms with Crippen molar-refractivity contribution < 1.29 is 13.2 Å². The van der Waals surface area contributed by atoms with Crippen molar-refractivity contribution in [3.05, 3.63) is 71.3 Å². The third-order valence-electron chi connectivity index (χ3n) is 3.10. The molecule has 2 aromatic rings. The first-order valence-electron chi connectivity index (χ1n) is 6.18. The summed E-state index contributed by atoms with van der Waals surface area (Å²) in [6.45, 7) is 0. The highest BCUT2D eigenvalue weighted by Crippen LogP contribution is 2.30. The minimum atomic E-state index is -4.33. The first-order valence-corrected chi connectivity index (χ1v) is 6.18. The summed E-state index contributed by atoms with van der Waals surface area (Å²) in [6.07, 6.45) is -3.93. The van der Waals surface area contributed by atoms with Gasteiger partial charge in [0.2, 0.25) is 0 Å². The van der Waals surface area contributed by atoms with E-state index in [1.165, 1.54) is 6.07 Å². The van der Waals surface area contributed by atoms with Crippen molar-refractivity contribution in [3.63, 3.8) is 0 Å². The number of hydrogen-bond donors (Lipinski definition) is 2. The van der Waals surface area contributed by atoms with Crippen LogP contribution in [0.25, 0.3) is 0 Å². The molecule has 0 aromatic heterocycles. The van der Waals surface area contributed by atoms with Crippen molar-refractivity contribution in [2.75, 3.05) is 0 Å². The largest absolute Gasteiger partial charge is 0.416 e. The Balaban J connectivity index is 2.20. The second-order valence-electron chi connectivity index (χ2n) is 4.53. The summed E-state index contributed by atoms with van der Waals surface area (Å²) in [6, 6.07) is 14.5. The van der Waals surface area contributed by atoms with Crippen LogP contribution < -0.4 is 11.3 Å². The lowest BCUT2D eigenvalue weighted by molar-refractivity contribution is -0.137. The quantitative estimate of drug-likeness (QED) is 0.665. The van der Waals surface area contributed by atoms with Crippen LogP contribution in [0.4, 0.5) is 13.2 Å². The minimum absolute atomic E-state index is 0.223. The number of halogens is 3. The van der Waals surface area contributed by atoms with Crippen LogP contribution in [0, 0.1) is 0 Å². The van der Waals surface area contributed by atoms with E-state index in [2.05, 4.69) is 5.43 Å². The zero-order valence-electron chi connectivity index (χ0n) is 10.7. The van der Waals surface area contributed by atoms with Crippen LogP contribution in [0.2, 0.25) is 0 Å². The van der Waals surface area contributed by atoms with E-state index in [4.69, 9.17) is 5.84 Å². The Kier molecular flexibility index (Phi) is 4.42. The van der Waals surface area contributed by atoms with Crippen LogP contribution in [-0.4, -0.2) is 0 Å². The summed E-state index contributed by atoms with van der Waals surface area (Å²) in [5.74, 6) is 5.50. The van der Waals surface area contributed by atoms with Gasteiger partial charge in [0.05, 0.1) is 5.56 Å². The van der Waals surface area contributed by atoms with Crippen LogP contribution in [-0.2, 0) is 12.6 Å². The van der Waals surface area contributed by atoms with Crippen LogP contribution in [0.15, 0.2) is 54.6 Å². The molecule has 2 rings (SSSR count). The Morgan fingerprint density at radius 1 is 1.00 bits per heavy atom. The molecule has 1 atom stereocenters. The van der Waals surface area contributed by atoms with E-state index in [-0.39, 0.29) is 6.04 Å². The number of benzene rings is 2. The summed E-state index contributed by atoms with van der Waals surface area (Å²) in [5.41, 5.74) is 3.53. The van der Waals surface area contributed by atoms with Gasteiger partial charge in [0.15, 0.2) is 0 Å². The lowest BCUT2D eigenvalue weighted by Crippen LogP contribution is -2.29. The van der Waals surface area contributed by atoms with E-state index in [1.54, 1.807) is 6.07 Å². The number of rotatable bonds is 4. The first-order chi connectivity index (χ1) is 9.50. The lowest BCUT2D eigenvalue weighted by atomic mass is 9.98. The molecular weight excluding hydrogens is 265 g/mol. The highest BCUT2D eigenvalue weighted by Gasteiger charge is 2.30. The molecular formula is C15H15F3N2. The average molecular weight is 280 g/mol. The van der Waals surface area contributed by atoms with Crippen molar-refractivity contribution in [2.45, 2.75) is 18.6 Å². The molecule has 0 saturated carbocycles. The molecule has 0 radical (unpaired) electrons. The fourth-order valence-corrected chi connectivity index (χ4v) is 2.07. The topological polar surface area (TPSA) is 38.0 Å². The zero-order chi connectivity index (χ0) is 14.6. The monoisotopic (exact) mass is 280 g/mol. The maximum Gasteiger partial charge on any atom is 0.416 e. The predicted octanol–water partition coefficient (Wildman–Crippen LogP) is 3.45. The molecule has 0 saturated heterocycles. The van der Waals surface area contributed by atoms with Gasteiger partial charge in [0.25, 0.3) is 0 Å². The van der Waals surface area contributed by atoms with Gasteiger partial charge in [-0.2, -0.15) is 13.2 Å². The number of alkyl halides is 3. The number of nitrogens with two attached hydrogens (primary N) is 1. The SMILES string of the molecule is NNC(Cc1cccc(C(F)(F)F)c1)c1ccccc1. The maximum atomic E-state index is 12.7. The fraction of sp³-hybridized carbons (Fsp3) is 0.200. The van der Waals surface area contributed by atoms with Gasteiger partial charge in [-0.15, -0.1) is 0 Å². The Hall–Kier alpha value is -1.85. The fourth-order valence-electron chi connectivity index (χ4n) is 2.07. The van der Waals surface area contributed by atoms with Gasteiger partial charge in [-0.25, -0.2) is 0 Å². The second kappa shape index (κ2) is 6.07. The minimum Gasteiger partial charge on any atom is -0.271 e. The van der Waals surface area contributed by atoms with Gasteiger partial charge in [-0.1, -0.05) is 48.5 Å². The van der Waals surface area contributed by atoms with E-state index in [0.717, 1.165) is 17.7 Å². The summed E-state index contributed by atoms with van der Waals surface area (Å²) in [4.78, 5) is 0. The Labute approximate surface area is 115 Å². The van der Waals surface area contributed by atoms with Crippen LogP contribution in [0.3, 0.4) is 0 Å². The van der Waals surface area contributed by atoms with Gasteiger partial charge >= 0.3 is 6.18 Å². The molecule has 0 amide bonds. The Morgan fingerprint density at radius 3 is 2.30 bits per heavy atom. The van der Waals surface area contributed by atoms with Crippen LogP contribution >= 0.6 is 0 Å². The summed E-state index contributed by atoms with van der Waals surface area (Å²) in [7, 11) is 0. The molecule has 2 aromatic carbocycles. The van der Waals surface area contributed by atoms with Gasteiger partial charge in [0.1, 0.15) is 0 Å². The Morgan fingerprint density at radius 2 is 1.70 bits per heavy atom.